The van der Waals surface area contributed by atoms with Gasteiger partial charge in [0.1, 0.15) is 11.2 Å². The number of fused-ring (bicyclic) bond motifs is 2. The molecule has 2 aromatic heterocycles. The molecule has 0 spiro atoms. The molecule has 5 rings (SSSR count). The molecule has 0 saturated heterocycles. The average Bonchev–Trinajstić information content (AvgIpc) is 2.83. The highest BCUT2D eigenvalue weighted by molar-refractivity contribution is 6.37. The van der Waals surface area contributed by atoms with Crippen LogP contribution in [0.25, 0.3) is 16.6 Å². The molecule has 0 fully saturated rings. The number of halogens is 2. The van der Waals surface area contributed by atoms with Gasteiger partial charge in [0, 0.05) is 24.0 Å². The Morgan fingerprint density at radius 2 is 1.89 bits per heavy atom. The summed E-state index contributed by atoms with van der Waals surface area (Å²) < 4.78 is 1.24. The number of nitrogens with zero attached hydrogens (tertiary/aromatic N) is 5. The van der Waals surface area contributed by atoms with Crippen LogP contribution in [0, 0.1) is 0 Å². The van der Waals surface area contributed by atoms with Gasteiger partial charge in [0.15, 0.2) is 0 Å². The highest BCUT2D eigenvalue weighted by atomic mass is 35.5. The molecule has 1 aliphatic rings. The normalized spacial score (nSPS) is 15.3. The van der Waals surface area contributed by atoms with Crippen molar-refractivity contribution in [2.45, 2.75) is 39.2 Å². The molecule has 0 radical (unpaired) electrons. The lowest BCUT2D eigenvalue weighted by atomic mass is 9.83. The average molecular weight is 509 g/mol. The van der Waals surface area contributed by atoms with Gasteiger partial charge in [-0.25, -0.2) is 9.97 Å². The highest BCUT2D eigenvalue weighted by Crippen LogP contribution is 2.35. The van der Waals surface area contributed by atoms with Gasteiger partial charge in [-0.15, -0.1) is 0 Å². The number of aryl methyl sites for hydroxylation is 1. The first kappa shape index (κ1) is 23.7. The molecular weight excluding hydrogens is 483 g/mol. The van der Waals surface area contributed by atoms with Gasteiger partial charge < -0.3 is 5.32 Å². The molecule has 180 valence electrons. The molecule has 0 unspecified atom stereocenters. The Hall–Kier alpha value is -3.00. The lowest BCUT2D eigenvalue weighted by Crippen LogP contribution is -2.43. The highest BCUT2D eigenvalue weighted by Gasteiger charge is 2.31. The van der Waals surface area contributed by atoms with Crippen molar-refractivity contribution >= 4 is 45.7 Å². The van der Waals surface area contributed by atoms with E-state index in [4.69, 9.17) is 23.2 Å². The fraction of sp³-hybridized carbons (Fsp3) is 0.308. The summed E-state index contributed by atoms with van der Waals surface area (Å²) in [6.07, 6.45) is 3.08. The van der Waals surface area contributed by atoms with Crippen LogP contribution >= 0.6 is 23.2 Å². The van der Waals surface area contributed by atoms with Gasteiger partial charge in [-0.1, -0.05) is 42.3 Å². The van der Waals surface area contributed by atoms with E-state index in [-0.39, 0.29) is 11.1 Å². The zero-order valence-electron chi connectivity index (χ0n) is 20.1. The first-order valence-corrected chi connectivity index (χ1v) is 12.3. The van der Waals surface area contributed by atoms with Gasteiger partial charge in [-0.3, -0.25) is 9.69 Å². The summed E-state index contributed by atoms with van der Waals surface area (Å²) in [6, 6.07) is 11.4. The number of rotatable bonds is 4. The summed E-state index contributed by atoms with van der Waals surface area (Å²) in [4.78, 5) is 24.8. The van der Waals surface area contributed by atoms with Crippen molar-refractivity contribution in [2.24, 2.45) is 0 Å². The molecule has 1 aliphatic heterocycles. The number of hydrogen-bond donors (Lipinski definition) is 1. The molecule has 4 aromatic rings. The minimum Gasteiger partial charge on any atom is -0.324 e. The van der Waals surface area contributed by atoms with Gasteiger partial charge in [-0.05, 0) is 69.1 Å². The Balaban J connectivity index is 1.55. The van der Waals surface area contributed by atoms with Crippen molar-refractivity contribution in [2.75, 3.05) is 18.9 Å². The lowest BCUT2D eigenvalue weighted by molar-refractivity contribution is 0.143. The number of benzene rings is 2. The number of anilines is 2. The van der Waals surface area contributed by atoms with E-state index in [9.17, 15) is 4.79 Å². The van der Waals surface area contributed by atoms with Crippen molar-refractivity contribution < 1.29 is 0 Å². The number of aromatic nitrogens is 4. The first-order valence-electron chi connectivity index (χ1n) is 11.6. The van der Waals surface area contributed by atoms with Gasteiger partial charge >= 0.3 is 0 Å². The monoisotopic (exact) mass is 508 g/mol. The van der Waals surface area contributed by atoms with Gasteiger partial charge in [0.25, 0.3) is 5.56 Å². The van der Waals surface area contributed by atoms with Crippen LogP contribution in [0.15, 0.2) is 47.4 Å². The van der Waals surface area contributed by atoms with Crippen molar-refractivity contribution in [3.05, 3.63) is 79.8 Å². The van der Waals surface area contributed by atoms with Gasteiger partial charge in [-0.2, -0.15) is 9.78 Å². The van der Waals surface area contributed by atoms with E-state index in [0.717, 1.165) is 18.7 Å². The van der Waals surface area contributed by atoms with E-state index in [0.29, 0.717) is 44.7 Å². The molecule has 0 bridgehead atoms. The Labute approximate surface area is 213 Å². The fourth-order valence-corrected chi connectivity index (χ4v) is 5.16. The number of hydrogen-bond acceptors (Lipinski definition) is 6. The molecule has 0 aliphatic carbocycles. The Morgan fingerprint density at radius 1 is 1.14 bits per heavy atom. The predicted molar refractivity (Wildman–Crippen MR) is 141 cm³/mol. The van der Waals surface area contributed by atoms with E-state index in [1.165, 1.54) is 22.0 Å². The third-order valence-electron chi connectivity index (χ3n) is 6.88. The van der Waals surface area contributed by atoms with Crippen LogP contribution in [0.5, 0.6) is 0 Å². The Bertz CT molecular complexity index is 1490. The van der Waals surface area contributed by atoms with Gasteiger partial charge in [0.2, 0.25) is 5.95 Å². The van der Waals surface area contributed by atoms with Crippen LogP contribution in [0.2, 0.25) is 10.0 Å². The molecule has 0 saturated carbocycles. The van der Waals surface area contributed by atoms with E-state index < -0.39 is 0 Å². The molecule has 1 N–H and O–H groups in total. The summed E-state index contributed by atoms with van der Waals surface area (Å²) >= 11 is 12.7. The van der Waals surface area contributed by atoms with E-state index in [1.807, 2.05) is 13.0 Å². The second kappa shape index (κ2) is 8.90. The van der Waals surface area contributed by atoms with Crippen molar-refractivity contribution in [3.8, 4) is 5.69 Å². The van der Waals surface area contributed by atoms with Crippen LogP contribution in [0.3, 0.4) is 0 Å². The largest absolute Gasteiger partial charge is 0.324 e. The maximum atomic E-state index is 13.3. The zero-order chi connectivity index (χ0) is 24.9. The maximum absolute atomic E-state index is 13.3. The molecule has 7 nitrogen and oxygen atoms in total. The van der Waals surface area contributed by atoms with Gasteiger partial charge in [0.05, 0.1) is 21.1 Å². The molecule has 3 heterocycles. The summed E-state index contributed by atoms with van der Waals surface area (Å²) in [5, 5.41) is 8.90. The number of nitrogens with one attached hydrogen (secondary N) is 1. The number of para-hydroxylation sites is 1. The van der Waals surface area contributed by atoms with E-state index >= 15 is 0 Å². The third-order valence-corrected chi connectivity index (χ3v) is 7.49. The topological polar surface area (TPSA) is 75.9 Å². The smallest absolute Gasteiger partial charge is 0.282 e. The van der Waals surface area contributed by atoms with Crippen molar-refractivity contribution in [3.63, 3.8) is 0 Å². The minimum atomic E-state index is -0.376. The fourth-order valence-electron chi connectivity index (χ4n) is 4.60. The molecule has 0 amide bonds. The molecule has 35 heavy (non-hydrogen) atoms. The number of likely N-dealkylation sites (N-methyl/N-ethyl adjacent to an activating group) is 1. The Morgan fingerprint density at radius 3 is 2.60 bits per heavy atom. The quantitative estimate of drug-likeness (QED) is 0.391. The van der Waals surface area contributed by atoms with Crippen LogP contribution < -0.4 is 10.9 Å². The van der Waals surface area contributed by atoms with E-state index in [2.05, 4.69) is 58.3 Å². The lowest BCUT2D eigenvalue weighted by Gasteiger charge is -2.41. The summed E-state index contributed by atoms with van der Waals surface area (Å²) in [5.74, 6) is 0.411. The zero-order valence-corrected chi connectivity index (χ0v) is 21.6. The first-order chi connectivity index (χ1) is 16.7. The second-order valence-corrected chi connectivity index (χ2v) is 10.1. The molecular formula is C26H26Cl2N6O. The minimum absolute atomic E-state index is 0.0162. The molecule has 2 aromatic carbocycles. The summed E-state index contributed by atoms with van der Waals surface area (Å²) in [6.45, 7) is 7.45. The van der Waals surface area contributed by atoms with Crippen LogP contribution in [0.4, 0.5) is 11.6 Å². The van der Waals surface area contributed by atoms with Crippen LogP contribution in [0.1, 0.15) is 37.6 Å². The standard InChI is InChI=1S/C26H26Cl2N6O/c1-5-21-22-17(24(35)34(32-21)23-19(27)7-6-8-20(23)28)14-29-25(31-22)30-16-9-10-18-15(13-16)11-12-33(4)26(18,2)3/h6-10,13-14H,5,11-12H2,1-4H3,(H,29,30,31). The van der Waals surface area contributed by atoms with Crippen LogP contribution in [-0.4, -0.2) is 38.2 Å². The second-order valence-electron chi connectivity index (χ2n) is 9.27. The summed E-state index contributed by atoms with van der Waals surface area (Å²) in [5.41, 5.74) is 4.66. The Kier molecular flexibility index (Phi) is 6.03. The van der Waals surface area contributed by atoms with Crippen molar-refractivity contribution in [1.82, 2.24) is 24.6 Å². The van der Waals surface area contributed by atoms with E-state index in [1.54, 1.807) is 18.2 Å². The van der Waals surface area contributed by atoms with Crippen molar-refractivity contribution in [1.29, 1.82) is 0 Å². The maximum Gasteiger partial charge on any atom is 0.282 e. The predicted octanol–water partition coefficient (Wildman–Crippen LogP) is 5.51. The molecule has 9 heteroatoms. The van der Waals surface area contributed by atoms with Crippen LogP contribution in [-0.2, 0) is 18.4 Å². The SMILES string of the molecule is CCc1nn(-c2c(Cl)cccc2Cl)c(=O)c2cnc(Nc3ccc4c(c3)CCN(C)C4(C)C)nc12. The summed E-state index contributed by atoms with van der Waals surface area (Å²) in [7, 11) is 2.16. The third kappa shape index (κ3) is 4.07. The molecule has 0 atom stereocenters.